The minimum Gasteiger partial charge on any atom is -0.381 e. The molecule has 1 atom stereocenters. The zero-order valence-electron chi connectivity index (χ0n) is 12.0. The molecule has 0 aliphatic carbocycles. The third-order valence-electron chi connectivity index (χ3n) is 3.37. The highest BCUT2D eigenvalue weighted by Gasteiger charge is 2.18. The number of rotatable bonds is 5. The van der Waals surface area contributed by atoms with E-state index in [1.807, 2.05) is 6.07 Å². The van der Waals surface area contributed by atoms with Gasteiger partial charge >= 0.3 is 6.03 Å². The molecule has 1 unspecified atom stereocenters. The van der Waals surface area contributed by atoms with Gasteiger partial charge in [-0.05, 0) is 31.9 Å². The van der Waals surface area contributed by atoms with Crippen LogP contribution in [0.5, 0.6) is 0 Å². The summed E-state index contributed by atoms with van der Waals surface area (Å²) in [4.78, 5) is 14.2. The molecule has 2 N–H and O–H groups in total. The predicted octanol–water partition coefficient (Wildman–Crippen LogP) is 2.22. The van der Waals surface area contributed by atoms with Crippen LogP contribution >= 0.6 is 11.3 Å². The summed E-state index contributed by atoms with van der Waals surface area (Å²) in [5.74, 6) is 0. The van der Waals surface area contributed by atoms with E-state index in [2.05, 4.69) is 23.6 Å². The molecule has 1 aromatic heterocycles. The summed E-state index contributed by atoms with van der Waals surface area (Å²) in [6, 6.07) is 4.20. The van der Waals surface area contributed by atoms with Gasteiger partial charge in [-0.25, -0.2) is 4.79 Å². The highest BCUT2D eigenvalue weighted by atomic mass is 32.1. The summed E-state index contributed by atoms with van der Waals surface area (Å²) < 4.78 is 10.7. The maximum Gasteiger partial charge on any atom is 0.315 e. The molecule has 1 saturated heterocycles. The molecular weight excluding hydrogens is 276 g/mol. The highest BCUT2D eigenvalue weighted by Crippen LogP contribution is 2.24. The van der Waals surface area contributed by atoms with Crippen LogP contribution in [0.4, 0.5) is 4.79 Å². The predicted molar refractivity (Wildman–Crippen MR) is 79.2 cm³/mol. The molecule has 112 valence electrons. The molecule has 2 heterocycles. The second-order valence-corrected chi connectivity index (χ2v) is 6.23. The van der Waals surface area contributed by atoms with Gasteiger partial charge in [-0.3, -0.25) is 0 Å². The Balaban J connectivity index is 1.76. The molecule has 2 rings (SSSR count). The van der Waals surface area contributed by atoms with E-state index in [0.717, 1.165) is 30.9 Å². The molecular formula is C14H22N2O3S. The molecule has 5 nitrogen and oxygen atoms in total. The van der Waals surface area contributed by atoms with Gasteiger partial charge in [0.1, 0.15) is 6.10 Å². The third-order valence-corrected chi connectivity index (χ3v) is 4.46. The first-order valence-corrected chi connectivity index (χ1v) is 7.72. The van der Waals surface area contributed by atoms with E-state index in [1.54, 1.807) is 18.4 Å². The van der Waals surface area contributed by atoms with Crippen molar-refractivity contribution in [3.8, 4) is 0 Å². The first-order valence-electron chi connectivity index (χ1n) is 6.90. The van der Waals surface area contributed by atoms with Crippen LogP contribution in [0.1, 0.15) is 28.7 Å². The molecule has 20 heavy (non-hydrogen) atoms. The fraction of sp³-hybridized carbons (Fsp3) is 0.643. The van der Waals surface area contributed by atoms with Gasteiger partial charge in [0.2, 0.25) is 0 Å². The van der Waals surface area contributed by atoms with Crippen molar-refractivity contribution >= 4 is 17.4 Å². The number of hydrogen-bond donors (Lipinski definition) is 2. The van der Waals surface area contributed by atoms with E-state index in [9.17, 15) is 4.79 Å². The van der Waals surface area contributed by atoms with Gasteiger partial charge in [0, 0.05) is 36.1 Å². The second kappa shape index (κ2) is 7.61. The lowest BCUT2D eigenvalue weighted by Crippen LogP contribution is -2.45. The van der Waals surface area contributed by atoms with Gasteiger partial charge in [0.15, 0.2) is 0 Å². The van der Waals surface area contributed by atoms with Crippen molar-refractivity contribution in [3.05, 3.63) is 21.9 Å². The molecule has 0 radical (unpaired) electrons. The Labute approximate surface area is 123 Å². The first-order chi connectivity index (χ1) is 9.69. The molecule has 1 aliphatic heterocycles. The van der Waals surface area contributed by atoms with Crippen LogP contribution in [0.25, 0.3) is 0 Å². The number of hydrogen-bond acceptors (Lipinski definition) is 4. The Bertz CT molecular complexity index is 430. The minimum absolute atomic E-state index is 0.0888. The van der Waals surface area contributed by atoms with Crippen LogP contribution in [0.2, 0.25) is 0 Å². The number of carbonyl (C=O) groups is 1. The van der Waals surface area contributed by atoms with Crippen molar-refractivity contribution in [1.29, 1.82) is 0 Å². The van der Waals surface area contributed by atoms with Gasteiger partial charge in [0.05, 0.1) is 6.54 Å². The molecule has 0 spiro atoms. The summed E-state index contributed by atoms with van der Waals surface area (Å²) in [5, 5.41) is 5.85. The van der Waals surface area contributed by atoms with Crippen LogP contribution in [0.3, 0.4) is 0 Å². The average molecular weight is 298 g/mol. The van der Waals surface area contributed by atoms with Gasteiger partial charge in [-0.2, -0.15) is 0 Å². The van der Waals surface area contributed by atoms with Crippen molar-refractivity contribution in [2.45, 2.75) is 31.9 Å². The first kappa shape index (κ1) is 15.3. The quantitative estimate of drug-likeness (QED) is 0.876. The largest absolute Gasteiger partial charge is 0.381 e. The molecule has 1 fully saturated rings. The number of ether oxygens (including phenoxy) is 2. The van der Waals surface area contributed by atoms with Gasteiger partial charge in [-0.15, -0.1) is 11.3 Å². The summed E-state index contributed by atoms with van der Waals surface area (Å²) in [6.07, 6.45) is 1.67. The van der Waals surface area contributed by atoms with E-state index in [-0.39, 0.29) is 18.2 Å². The topological polar surface area (TPSA) is 59.6 Å². The van der Waals surface area contributed by atoms with Crippen molar-refractivity contribution < 1.29 is 14.3 Å². The zero-order chi connectivity index (χ0) is 14.4. The SMILES string of the molecule is COC(CNC(=O)NC1CCOCC1)c1ccc(C)s1. The van der Waals surface area contributed by atoms with Gasteiger partial charge in [0.25, 0.3) is 0 Å². The molecule has 0 bridgehead atoms. The smallest absolute Gasteiger partial charge is 0.315 e. The van der Waals surface area contributed by atoms with E-state index in [0.29, 0.717) is 6.54 Å². The van der Waals surface area contributed by atoms with Gasteiger partial charge in [-0.1, -0.05) is 0 Å². The monoisotopic (exact) mass is 298 g/mol. The van der Waals surface area contributed by atoms with E-state index < -0.39 is 0 Å². The number of aryl methyl sites for hydroxylation is 1. The number of methoxy groups -OCH3 is 1. The number of carbonyl (C=O) groups excluding carboxylic acids is 1. The Kier molecular flexibility index (Phi) is 5.82. The van der Waals surface area contributed by atoms with Crippen molar-refractivity contribution in [2.75, 3.05) is 26.9 Å². The van der Waals surface area contributed by atoms with Crippen LogP contribution in [-0.2, 0) is 9.47 Å². The number of amides is 2. The van der Waals surface area contributed by atoms with Crippen molar-refractivity contribution in [3.63, 3.8) is 0 Å². The molecule has 0 saturated carbocycles. The fourth-order valence-electron chi connectivity index (χ4n) is 2.19. The van der Waals surface area contributed by atoms with Crippen LogP contribution < -0.4 is 10.6 Å². The maximum absolute atomic E-state index is 11.9. The standard InChI is InChI=1S/C14H22N2O3S/c1-10-3-4-13(20-10)12(18-2)9-15-14(17)16-11-5-7-19-8-6-11/h3-4,11-12H,5-9H2,1-2H3,(H2,15,16,17). The lowest BCUT2D eigenvalue weighted by molar-refractivity contribution is 0.0792. The lowest BCUT2D eigenvalue weighted by atomic mass is 10.1. The van der Waals surface area contributed by atoms with Gasteiger partial charge < -0.3 is 20.1 Å². The average Bonchev–Trinajstić information content (AvgIpc) is 2.87. The Morgan fingerprint density at radius 1 is 1.50 bits per heavy atom. The maximum atomic E-state index is 11.9. The number of urea groups is 1. The van der Waals surface area contributed by atoms with Crippen LogP contribution in [0, 0.1) is 6.92 Å². The summed E-state index contributed by atoms with van der Waals surface area (Å²) >= 11 is 1.69. The molecule has 0 aromatic carbocycles. The Morgan fingerprint density at radius 3 is 2.85 bits per heavy atom. The van der Waals surface area contributed by atoms with E-state index in [4.69, 9.17) is 9.47 Å². The summed E-state index contributed by atoms with van der Waals surface area (Å²) in [5.41, 5.74) is 0. The second-order valence-electron chi connectivity index (χ2n) is 4.91. The Hall–Kier alpha value is -1.11. The van der Waals surface area contributed by atoms with Crippen LogP contribution in [0.15, 0.2) is 12.1 Å². The summed E-state index contributed by atoms with van der Waals surface area (Å²) in [6.45, 7) is 3.98. The van der Waals surface area contributed by atoms with Crippen molar-refractivity contribution in [1.82, 2.24) is 10.6 Å². The highest BCUT2D eigenvalue weighted by molar-refractivity contribution is 7.12. The van der Waals surface area contributed by atoms with Crippen LogP contribution in [-0.4, -0.2) is 38.9 Å². The Morgan fingerprint density at radius 2 is 2.25 bits per heavy atom. The number of thiophene rings is 1. The van der Waals surface area contributed by atoms with E-state index >= 15 is 0 Å². The molecule has 1 aliphatic rings. The fourth-order valence-corrected chi connectivity index (χ4v) is 3.15. The van der Waals surface area contributed by atoms with E-state index in [1.165, 1.54) is 4.88 Å². The normalized spacial score (nSPS) is 17.7. The zero-order valence-corrected chi connectivity index (χ0v) is 12.8. The van der Waals surface area contributed by atoms with Crippen molar-refractivity contribution in [2.24, 2.45) is 0 Å². The minimum atomic E-state index is -0.132. The lowest BCUT2D eigenvalue weighted by Gasteiger charge is -2.23. The molecule has 6 heteroatoms. The summed E-state index contributed by atoms with van der Waals surface area (Å²) in [7, 11) is 1.66. The third kappa shape index (κ3) is 4.47. The molecule has 1 aromatic rings. The number of nitrogens with one attached hydrogen (secondary N) is 2. The molecule has 2 amide bonds.